The van der Waals surface area contributed by atoms with Gasteiger partial charge in [-0.3, -0.25) is 4.79 Å². The van der Waals surface area contributed by atoms with Crippen LogP contribution in [0.4, 0.5) is 13.2 Å². The Kier molecular flexibility index (Phi) is 5.63. The number of nitrogens with zero attached hydrogens (tertiary/aromatic N) is 1. The number of hydrogen-bond donors (Lipinski definition) is 2. The highest BCUT2D eigenvalue weighted by molar-refractivity contribution is 6.29. The van der Waals surface area contributed by atoms with E-state index in [2.05, 4.69) is 10.3 Å². The lowest BCUT2D eigenvalue weighted by atomic mass is 10.1. The normalized spacial score (nSPS) is 12.5. The highest BCUT2D eigenvalue weighted by Gasteiger charge is 2.31. The van der Waals surface area contributed by atoms with Crippen LogP contribution in [0.5, 0.6) is 0 Å². The van der Waals surface area contributed by atoms with E-state index in [1.807, 2.05) is 0 Å². The molecule has 0 unspecified atom stereocenters. The van der Waals surface area contributed by atoms with Crippen molar-refractivity contribution in [3.05, 3.63) is 64.4 Å². The zero-order valence-corrected chi connectivity index (χ0v) is 13.3. The van der Waals surface area contributed by atoms with E-state index in [0.717, 1.165) is 12.1 Å². The van der Waals surface area contributed by atoms with Crippen LogP contribution >= 0.6 is 11.6 Å². The van der Waals surface area contributed by atoms with Gasteiger partial charge in [-0.1, -0.05) is 23.7 Å². The van der Waals surface area contributed by atoms with Crippen molar-refractivity contribution in [2.75, 3.05) is 0 Å². The highest BCUT2D eigenvalue weighted by atomic mass is 35.5. The van der Waals surface area contributed by atoms with E-state index < -0.39 is 29.7 Å². The highest BCUT2D eigenvalue weighted by Crippen LogP contribution is 2.29. The third-order valence-corrected chi connectivity index (χ3v) is 3.51. The van der Waals surface area contributed by atoms with Crippen LogP contribution in [0.15, 0.2) is 42.6 Å². The van der Waals surface area contributed by atoms with Crippen LogP contribution in [0.1, 0.15) is 21.5 Å². The summed E-state index contributed by atoms with van der Waals surface area (Å²) in [5.74, 6) is -2.24. The number of alkyl halides is 3. The van der Waals surface area contributed by atoms with E-state index in [4.69, 9.17) is 11.6 Å². The van der Waals surface area contributed by atoms with Crippen LogP contribution in [0.3, 0.4) is 0 Å². The molecule has 0 saturated carbocycles. The number of carboxylic acids is 1. The van der Waals surface area contributed by atoms with E-state index in [1.165, 1.54) is 18.3 Å². The Morgan fingerprint density at radius 3 is 2.52 bits per heavy atom. The van der Waals surface area contributed by atoms with Crippen molar-refractivity contribution in [3.8, 4) is 0 Å². The Morgan fingerprint density at radius 1 is 1.24 bits per heavy atom. The second-order valence-corrected chi connectivity index (χ2v) is 5.52. The van der Waals surface area contributed by atoms with Crippen LogP contribution in [0.25, 0.3) is 0 Å². The standard InChI is InChI=1S/C16H12ClF3N2O3/c17-13-5-4-9(8-21-13)6-12(15(24)25)22-14(23)10-2-1-3-11(7-10)16(18,19)20/h1-5,7-8,12H,6H2,(H,22,23)(H,24,25)/t12-/m0/s1. The smallest absolute Gasteiger partial charge is 0.416 e. The van der Waals surface area contributed by atoms with Gasteiger partial charge in [-0.25, -0.2) is 9.78 Å². The first kappa shape index (κ1) is 18.7. The summed E-state index contributed by atoms with van der Waals surface area (Å²) in [6.45, 7) is 0. The summed E-state index contributed by atoms with van der Waals surface area (Å²) in [6.07, 6.45) is -3.34. The number of halogens is 4. The maximum Gasteiger partial charge on any atom is 0.416 e. The molecule has 2 N–H and O–H groups in total. The van der Waals surface area contributed by atoms with Crippen LogP contribution < -0.4 is 5.32 Å². The summed E-state index contributed by atoms with van der Waals surface area (Å²) in [6, 6.07) is 5.42. The number of hydrogen-bond acceptors (Lipinski definition) is 3. The predicted molar refractivity (Wildman–Crippen MR) is 83.3 cm³/mol. The fraction of sp³-hybridized carbons (Fsp3) is 0.188. The van der Waals surface area contributed by atoms with E-state index in [-0.39, 0.29) is 17.1 Å². The molecular weight excluding hydrogens is 361 g/mol. The van der Waals surface area contributed by atoms with Gasteiger partial charge in [0.15, 0.2) is 0 Å². The summed E-state index contributed by atoms with van der Waals surface area (Å²) in [5, 5.41) is 11.7. The molecule has 25 heavy (non-hydrogen) atoms. The maximum absolute atomic E-state index is 12.7. The van der Waals surface area contributed by atoms with Crippen molar-refractivity contribution in [2.24, 2.45) is 0 Å². The maximum atomic E-state index is 12.7. The van der Waals surface area contributed by atoms with E-state index in [1.54, 1.807) is 6.07 Å². The molecule has 0 fully saturated rings. The number of rotatable bonds is 5. The average molecular weight is 373 g/mol. The number of carboxylic acid groups (broad SMARTS) is 1. The van der Waals surface area contributed by atoms with Crippen molar-refractivity contribution >= 4 is 23.5 Å². The molecule has 0 radical (unpaired) electrons. The molecule has 1 aromatic carbocycles. The number of amides is 1. The molecule has 2 aromatic rings. The molecule has 1 atom stereocenters. The van der Waals surface area contributed by atoms with Gasteiger partial charge < -0.3 is 10.4 Å². The molecule has 0 saturated heterocycles. The van der Waals surface area contributed by atoms with E-state index in [9.17, 15) is 27.9 Å². The van der Waals surface area contributed by atoms with Gasteiger partial charge in [-0.15, -0.1) is 0 Å². The molecule has 1 aromatic heterocycles. The third-order valence-electron chi connectivity index (χ3n) is 3.28. The summed E-state index contributed by atoms with van der Waals surface area (Å²) in [4.78, 5) is 27.2. The number of nitrogens with one attached hydrogen (secondary N) is 1. The molecule has 132 valence electrons. The van der Waals surface area contributed by atoms with Gasteiger partial charge in [-0.05, 0) is 29.8 Å². The first-order chi connectivity index (χ1) is 11.7. The van der Waals surface area contributed by atoms with Crippen molar-refractivity contribution in [3.63, 3.8) is 0 Å². The SMILES string of the molecule is O=C(N[C@@H](Cc1ccc(Cl)nc1)C(=O)O)c1cccc(C(F)(F)F)c1. The van der Waals surface area contributed by atoms with E-state index in [0.29, 0.717) is 11.6 Å². The Hall–Kier alpha value is -2.61. The van der Waals surface area contributed by atoms with Crippen LogP contribution in [-0.2, 0) is 17.4 Å². The largest absolute Gasteiger partial charge is 0.480 e. The number of carbonyl (C=O) groups excluding carboxylic acids is 1. The van der Waals surface area contributed by atoms with Crippen molar-refractivity contribution < 1.29 is 27.9 Å². The fourth-order valence-electron chi connectivity index (χ4n) is 2.04. The fourth-order valence-corrected chi connectivity index (χ4v) is 2.15. The van der Waals surface area contributed by atoms with Crippen LogP contribution in [0, 0.1) is 0 Å². The zero-order chi connectivity index (χ0) is 18.6. The van der Waals surface area contributed by atoms with Gasteiger partial charge in [0, 0.05) is 18.2 Å². The number of aliphatic carboxylic acids is 1. The molecule has 9 heteroatoms. The average Bonchev–Trinajstić information content (AvgIpc) is 2.55. The third kappa shape index (κ3) is 5.18. The molecule has 0 aliphatic carbocycles. The molecule has 1 amide bonds. The minimum absolute atomic E-state index is 0.0931. The first-order valence-corrected chi connectivity index (χ1v) is 7.36. The summed E-state index contributed by atoms with van der Waals surface area (Å²) in [5.41, 5.74) is -0.773. The van der Waals surface area contributed by atoms with Gasteiger partial charge in [0.25, 0.3) is 5.91 Å². The minimum Gasteiger partial charge on any atom is -0.480 e. The lowest BCUT2D eigenvalue weighted by Crippen LogP contribution is -2.42. The Morgan fingerprint density at radius 2 is 1.96 bits per heavy atom. The van der Waals surface area contributed by atoms with Gasteiger partial charge in [-0.2, -0.15) is 13.2 Å². The number of aromatic nitrogens is 1. The van der Waals surface area contributed by atoms with Crippen LogP contribution in [-0.4, -0.2) is 28.0 Å². The quantitative estimate of drug-likeness (QED) is 0.790. The molecule has 0 aliphatic rings. The monoisotopic (exact) mass is 372 g/mol. The van der Waals surface area contributed by atoms with Gasteiger partial charge >= 0.3 is 12.1 Å². The Balaban J connectivity index is 2.15. The van der Waals surface area contributed by atoms with Gasteiger partial charge in [0.05, 0.1) is 5.56 Å². The second kappa shape index (κ2) is 7.52. The predicted octanol–water partition coefficient (Wildman–Crippen LogP) is 3.18. The number of carbonyl (C=O) groups is 2. The lowest BCUT2D eigenvalue weighted by Gasteiger charge is -2.15. The molecule has 1 heterocycles. The zero-order valence-electron chi connectivity index (χ0n) is 12.5. The van der Waals surface area contributed by atoms with Crippen LogP contribution in [0.2, 0.25) is 5.15 Å². The number of benzene rings is 1. The van der Waals surface area contributed by atoms with Crippen molar-refractivity contribution in [2.45, 2.75) is 18.6 Å². The van der Waals surface area contributed by atoms with Gasteiger partial charge in [0.1, 0.15) is 11.2 Å². The second-order valence-electron chi connectivity index (χ2n) is 5.14. The minimum atomic E-state index is -4.60. The Labute approximate surface area is 145 Å². The summed E-state index contributed by atoms with van der Waals surface area (Å²) < 4.78 is 38.1. The lowest BCUT2D eigenvalue weighted by molar-refractivity contribution is -0.139. The molecule has 0 aliphatic heterocycles. The van der Waals surface area contributed by atoms with Crippen molar-refractivity contribution in [1.82, 2.24) is 10.3 Å². The van der Waals surface area contributed by atoms with Gasteiger partial charge in [0.2, 0.25) is 0 Å². The molecule has 2 rings (SSSR count). The summed E-state index contributed by atoms with van der Waals surface area (Å²) >= 11 is 5.64. The first-order valence-electron chi connectivity index (χ1n) is 6.98. The van der Waals surface area contributed by atoms with Crippen molar-refractivity contribution in [1.29, 1.82) is 0 Å². The molecule has 0 bridgehead atoms. The Bertz CT molecular complexity index is 779. The number of pyridine rings is 1. The van der Waals surface area contributed by atoms with E-state index >= 15 is 0 Å². The molecule has 0 spiro atoms. The molecule has 5 nitrogen and oxygen atoms in total. The topological polar surface area (TPSA) is 79.3 Å². The summed E-state index contributed by atoms with van der Waals surface area (Å²) in [7, 11) is 0. The molecular formula is C16H12ClF3N2O3.